The molecule has 33 heavy (non-hydrogen) atoms. The van der Waals surface area contributed by atoms with Crippen molar-refractivity contribution in [2.24, 2.45) is 5.92 Å². The molecule has 2 aromatic carbocycles. The number of carbonyl (C=O) groups excluding carboxylic acids is 2. The molecule has 1 unspecified atom stereocenters. The van der Waals surface area contributed by atoms with E-state index >= 15 is 0 Å². The number of nitrogens with zero attached hydrogens (tertiary/aromatic N) is 1. The molecule has 2 rings (SSSR count). The van der Waals surface area contributed by atoms with E-state index in [1.54, 1.807) is 30.2 Å². The smallest absolute Gasteiger partial charge is 0.242 e. The summed E-state index contributed by atoms with van der Waals surface area (Å²) in [6, 6.07) is 12.4. The van der Waals surface area contributed by atoms with E-state index in [0.29, 0.717) is 40.2 Å². The van der Waals surface area contributed by atoms with Crippen LogP contribution in [0.5, 0.6) is 5.75 Å². The van der Waals surface area contributed by atoms with Gasteiger partial charge in [-0.2, -0.15) is 0 Å². The van der Waals surface area contributed by atoms with E-state index in [-0.39, 0.29) is 24.1 Å². The standard InChI is InChI=1S/C25H32Cl2N2O3S/c1-5-23(25(31)28-13-17(2)3)29(14-20-21(26)7-6-8-22(20)27)24(30)16-33-15-18-9-11-19(32-4)12-10-18/h6-12,17,23H,5,13-16H2,1-4H3,(H,28,31). The lowest BCUT2D eigenvalue weighted by Crippen LogP contribution is -2.50. The molecule has 0 radical (unpaired) electrons. The summed E-state index contributed by atoms with van der Waals surface area (Å²) in [4.78, 5) is 27.9. The lowest BCUT2D eigenvalue weighted by molar-refractivity contribution is -0.139. The summed E-state index contributed by atoms with van der Waals surface area (Å²) in [5.74, 6) is 1.72. The van der Waals surface area contributed by atoms with Crippen LogP contribution in [-0.4, -0.2) is 42.2 Å². The van der Waals surface area contributed by atoms with Gasteiger partial charge in [-0.3, -0.25) is 9.59 Å². The highest BCUT2D eigenvalue weighted by molar-refractivity contribution is 7.99. The molecule has 0 aromatic heterocycles. The minimum atomic E-state index is -0.606. The van der Waals surface area contributed by atoms with Gasteiger partial charge in [-0.15, -0.1) is 11.8 Å². The number of amides is 2. The zero-order valence-electron chi connectivity index (χ0n) is 19.6. The van der Waals surface area contributed by atoms with Crippen molar-refractivity contribution in [2.75, 3.05) is 19.4 Å². The van der Waals surface area contributed by atoms with Gasteiger partial charge >= 0.3 is 0 Å². The van der Waals surface area contributed by atoms with Gasteiger partial charge < -0.3 is 15.0 Å². The Morgan fingerprint density at radius 2 is 1.73 bits per heavy atom. The van der Waals surface area contributed by atoms with E-state index in [4.69, 9.17) is 27.9 Å². The van der Waals surface area contributed by atoms with Gasteiger partial charge in [0.05, 0.1) is 12.9 Å². The number of thioether (sulfide) groups is 1. The molecule has 0 spiro atoms. The predicted molar refractivity (Wildman–Crippen MR) is 138 cm³/mol. The van der Waals surface area contributed by atoms with Crippen molar-refractivity contribution in [3.63, 3.8) is 0 Å². The Balaban J connectivity index is 2.16. The second-order valence-corrected chi connectivity index (χ2v) is 9.93. The number of hydrogen-bond acceptors (Lipinski definition) is 4. The SMILES string of the molecule is CCC(C(=O)NCC(C)C)N(Cc1c(Cl)cccc1Cl)C(=O)CSCc1ccc(OC)cc1. The maximum atomic E-state index is 13.3. The van der Waals surface area contributed by atoms with E-state index in [1.807, 2.05) is 45.0 Å². The van der Waals surface area contributed by atoms with Gasteiger partial charge in [-0.1, -0.05) is 62.2 Å². The third-order valence-corrected chi connectivity index (χ3v) is 6.81. The van der Waals surface area contributed by atoms with Crippen LogP contribution in [0.4, 0.5) is 0 Å². The van der Waals surface area contributed by atoms with Crippen LogP contribution >= 0.6 is 35.0 Å². The van der Waals surface area contributed by atoms with Gasteiger partial charge in [0, 0.05) is 34.5 Å². The maximum Gasteiger partial charge on any atom is 0.242 e. The number of methoxy groups -OCH3 is 1. The molecule has 180 valence electrons. The fourth-order valence-corrected chi connectivity index (χ4v) is 4.64. The number of ether oxygens (including phenoxy) is 1. The molecule has 0 aliphatic heterocycles. The van der Waals surface area contributed by atoms with E-state index < -0.39 is 6.04 Å². The van der Waals surface area contributed by atoms with Gasteiger partial charge in [0.15, 0.2) is 0 Å². The molecule has 0 saturated carbocycles. The van der Waals surface area contributed by atoms with Crippen LogP contribution in [0.1, 0.15) is 38.3 Å². The van der Waals surface area contributed by atoms with Crippen molar-refractivity contribution in [1.29, 1.82) is 0 Å². The first-order valence-corrected chi connectivity index (χ1v) is 12.9. The van der Waals surface area contributed by atoms with Crippen LogP contribution in [0.15, 0.2) is 42.5 Å². The average molecular weight is 512 g/mol. The van der Waals surface area contributed by atoms with Crippen LogP contribution in [0, 0.1) is 5.92 Å². The second kappa shape index (κ2) is 13.7. The maximum absolute atomic E-state index is 13.3. The van der Waals surface area contributed by atoms with E-state index in [2.05, 4.69) is 5.32 Å². The first-order valence-electron chi connectivity index (χ1n) is 11.0. The first kappa shape index (κ1) is 27.4. The molecule has 0 aliphatic carbocycles. The number of benzene rings is 2. The molecular weight excluding hydrogens is 479 g/mol. The fraction of sp³-hybridized carbons (Fsp3) is 0.440. The molecule has 0 fully saturated rings. The minimum absolute atomic E-state index is 0.129. The Hall–Kier alpha value is -1.89. The number of halogens is 2. The number of hydrogen-bond donors (Lipinski definition) is 1. The van der Waals surface area contributed by atoms with Gasteiger partial charge in [-0.25, -0.2) is 0 Å². The number of rotatable bonds is 12. The second-order valence-electron chi connectivity index (χ2n) is 8.13. The monoisotopic (exact) mass is 510 g/mol. The Morgan fingerprint density at radius 3 is 2.27 bits per heavy atom. The molecule has 0 saturated heterocycles. The highest BCUT2D eigenvalue weighted by Gasteiger charge is 2.29. The molecule has 0 bridgehead atoms. The predicted octanol–water partition coefficient (Wildman–Crippen LogP) is 5.81. The molecular formula is C25H32Cl2N2O3S. The molecule has 1 atom stereocenters. The summed E-state index contributed by atoms with van der Waals surface area (Å²) < 4.78 is 5.19. The summed E-state index contributed by atoms with van der Waals surface area (Å²) >= 11 is 14.3. The van der Waals surface area contributed by atoms with Crippen molar-refractivity contribution in [1.82, 2.24) is 10.2 Å². The Morgan fingerprint density at radius 1 is 1.09 bits per heavy atom. The van der Waals surface area contributed by atoms with Gasteiger partial charge in [0.2, 0.25) is 11.8 Å². The van der Waals surface area contributed by atoms with Crippen LogP contribution in [-0.2, 0) is 21.9 Å². The molecule has 8 heteroatoms. The molecule has 0 aliphatic rings. The van der Waals surface area contributed by atoms with Crippen molar-refractivity contribution in [3.05, 3.63) is 63.6 Å². The largest absolute Gasteiger partial charge is 0.497 e. The quantitative estimate of drug-likeness (QED) is 0.391. The van der Waals surface area contributed by atoms with Crippen molar-refractivity contribution in [2.45, 2.75) is 45.5 Å². The first-order chi connectivity index (χ1) is 15.8. The zero-order valence-corrected chi connectivity index (χ0v) is 21.9. The normalized spacial score (nSPS) is 11.8. The number of nitrogens with one attached hydrogen (secondary N) is 1. The third kappa shape index (κ3) is 8.43. The van der Waals surface area contributed by atoms with E-state index in [0.717, 1.165) is 11.3 Å². The topological polar surface area (TPSA) is 58.6 Å². The molecule has 5 nitrogen and oxygen atoms in total. The summed E-state index contributed by atoms with van der Waals surface area (Å²) in [5.41, 5.74) is 1.74. The van der Waals surface area contributed by atoms with Crippen LogP contribution in [0.3, 0.4) is 0 Å². The third-order valence-electron chi connectivity index (χ3n) is 5.11. The average Bonchev–Trinajstić information content (AvgIpc) is 2.79. The lowest BCUT2D eigenvalue weighted by atomic mass is 10.1. The molecule has 1 N–H and O–H groups in total. The molecule has 2 aromatic rings. The fourth-order valence-electron chi connectivity index (χ4n) is 3.26. The summed E-state index contributed by atoms with van der Waals surface area (Å²) in [6.45, 7) is 6.69. The summed E-state index contributed by atoms with van der Waals surface area (Å²) in [7, 11) is 1.63. The van der Waals surface area contributed by atoms with Gasteiger partial charge in [0.1, 0.15) is 11.8 Å². The molecule has 0 heterocycles. The Labute approximate surface area is 211 Å². The lowest BCUT2D eigenvalue weighted by Gasteiger charge is -2.31. The van der Waals surface area contributed by atoms with Crippen LogP contribution in [0.2, 0.25) is 10.0 Å². The van der Waals surface area contributed by atoms with Crippen molar-refractivity contribution >= 4 is 46.8 Å². The van der Waals surface area contributed by atoms with Crippen LogP contribution < -0.4 is 10.1 Å². The summed E-state index contributed by atoms with van der Waals surface area (Å²) in [6.07, 6.45) is 0.487. The van der Waals surface area contributed by atoms with Crippen molar-refractivity contribution in [3.8, 4) is 5.75 Å². The Bertz CT molecular complexity index is 902. The van der Waals surface area contributed by atoms with Crippen molar-refractivity contribution < 1.29 is 14.3 Å². The van der Waals surface area contributed by atoms with Crippen LogP contribution in [0.25, 0.3) is 0 Å². The van der Waals surface area contributed by atoms with Gasteiger partial charge in [-0.05, 0) is 42.2 Å². The van der Waals surface area contributed by atoms with E-state index in [1.165, 1.54) is 11.8 Å². The van der Waals surface area contributed by atoms with E-state index in [9.17, 15) is 9.59 Å². The number of carbonyl (C=O) groups is 2. The van der Waals surface area contributed by atoms with Gasteiger partial charge in [0.25, 0.3) is 0 Å². The zero-order chi connectivity index (χ0) is 24.4. The Kier molecular flexibility index (Phi) is 11.4. The molecule has 2 amide bonds. The minimum Gasteiger partial charge on any atom is -0.497 e. The highest BCUT2D eigenvalue weighted by Crippen LogP contribution is 2.27. The highest BCUT2D eigenvalue weighted by atomic mass is 35.5. The summed E-state index contributed by atoms with van der Waals surface area (Å²) in [5, 5.41) is 3.91.